The summed E-state index contributed by atoms with van der Waals surface area (Å²) < 4.78 is 5.26. The fourth-order valence-corrected chi connectivity index (χ4v) is 3.20. The smallest absolute Gasteiger partial charge is 0.119 e. The molecule has 0 heterocycles. The first kappa shape index (κ1) is 13.2. The van der Waals surface area contributed by atoms with E-state index in [4.69, 9.17) is 4.74 Å². The van der Waals surface area contributed by atoms with Gasteiger partial charge in [-0.05, 0) is 48.1 Å². The van der Waals surface area contributed by atoms with Crippen LogP contribution in [-0.2, 0) is 18.4 Å². The topological polar surface area (TPSA) is 29.5 Å². The van der Waals surface area contributed by atoms with Gasteiger partial charge in [-0.3, -0.25) is 0 Å². The van der Waals surface area contributed by atoms with E-state index in [9.17, 15) is 5.11 Å². The van der Waals surface area contributed by atoms with Crippen molar-refractivity contribution in [2.45, 2.75) is 31.3 Å². The summed E-state index contributed by atoms with van der Waals surface area (Å²) >= 11 is 0. The van der Waals surface area contributed by atoms with Crippen molar-refractivity contribution in [3.8, 4) is 5.75 Å². The number of ether oxygens (including phenoxy) is 1. The number of aliphatic hydroxyl groups is 1. The first-order chi connectivity index (χ1) is 9.71. The Bertz CT molecular complexity index is 606. The molecule has 0 saturated carbocycles. The molecule has 20 heavy (non-hydrogen) atoms. The summed E-state index contributed by atoms with van der Waals surface area (Å²) in [5, 5.41) is 11.1. The highest BCUT2D eigenvalue weighted by atomic mass is 16.5. The van der Waals surface area contributed by atoms with Crippen LogP contribution < -0.4 is 4.74 Å². The van der Waals surface area contributed by atoms with Gasteiger partial charge in [0.15, 0.2) is 0 Å². The van der Waals surface area contributed by atoms with Crippen LogP contribution in [0.15, 0.2) is 48.5 Å². The lowest BCUT2D eigenvalue weighted by atomic mass is 9.76. The summed E-state index contributed by atoms with van der Waals surface area (Å²) in [4.78, 5) is 0. The Labute approximate surface area is 120 Å². The van der Waals surface area contributed by atoms with Crippen LogP contribution in [0.25, 0.3) is 0 Å². The average Bonchev–Trinajstić information content (AvgIpc) is 2.48. The highest BCUT2D eigenvalue weighted by molar-refractivity contribution is 5.37. The van der Waals surface area contributed by atoms with E-state index in [2.05, 4.69) is 24.3 Å². The molecule has 2 heteroatoms. The summed E-state index contributed by atoms with van der Waals surface area (Å²) in [6.45, 7) is 0. The van der Waals surface area contributed by atoms with Gasteiger partial charge >= 0.3 is 0 Å². The van der Waals surface area contributed by atoms with Crippen molar-refractivity contribution in [2.75, 3.05) is 7.11 Å². The second-order valence-electron chi connectivity index (χ2n) is 5.57. The lowest BCUT2D eigenvalue weighted by molar-refractivity contribution is 0.0190. The summed E-state index contributed by atoms with van der Waals surface area (Å²) in [7, 11) is 1.67. The summed E-state index contributed by atoms with van der Waals surface area (Å²) in [5.41, 5.74) is 2.74. The van der Waals surface area contributed by atoms with Crippen LogP contribution >= 0.6 is 0 Å². The highest BCUT2D eigenvalue weighted by Crippen LogP contribution is 2.38. The van der Waals surface area contributed by atoms with Crippen LogP contribution in [0.5, 0.6) is 5.75 Å². The predicted octanol–water partition coefficient (Wildman–Crippen LogP) is 3.46. The molecule has 0 amide bonds. The Morgan fingerprint density at radius 3 is 2.85 bits per heavy atom. The molecule has 1 unspecified atom stereocenters. The minimum Gasteiger partial charge on any atom is -0.497 e. The maximum atomic E-state index is 11.1. The molecule has 0 aliphatic heterocycles. The minimum absolute atomic E-state index is 0.640. The number of hydrogen-bond donors (Lipinski definition) is 1. The molecular weight excluding hydrogens is 248 g/mol. The molecule has 2 aromatic rings. The molecule has 1 atom stereocenters. The van der Waals surface area contributed by atoms with Gasteiger partial charge < -0.3 is 9.84 Å². The fraction of sp³-hybridized carbons (Fsp3) is 0.333. The van der Waals surface area contributed by atoms with E-state index < -0.39 is 5.60 Å². The van der Waals surface area contributed by atoms with Gasteiger partial charge in [0.2, 0.25) is 0 Å². The highest BCUT2D eigenvalue weighted by Gasteiger charge is 2.34. The predicted molar refractivity (Wildman–Crippen MR) is 80.0 cm³/mol. The molecule has 0 fully saturated rings. The standard InChI is InChI=1S/C18H20O2/c1-20-16-9-4-6-14(12-16)13-18(19)11-5-8-15-7-2-3-10-17(15)18/h2-4,6-7,9-10,12,19H,5,8,11,13H2,1H3. The first-order valence-corrected chi connectivity index (χ1v) is 7.15. The van der Waals surface area contributed by atoms with Gasteiger partial charge in [-0.15, -0.1) is 0 Å². The van der Waals surface area contributed by atoms with E-state index in [-0.39, 0.29) is 0 Å². The number of rotatable bonds is 3. The van der Waals surface area contributed by atoms with E-state index in [1.165, 1.54) is 5.56 Å². The monoisotopic (exact) mass is 268 g/mol. The van der Waals surface area contributed by atoms with Gasteiger partial charge in [0.25, 0.3) is 0 Å². The number of fused-ring (bicyclic) bond motifs is 1. The molecule has 2 nitrogen and oxygen atoms in total. The third kappa shape index (κ3) is 2.44. The molecule has 0 bridgehead atoms. The first-order valence-electron chi connectivity index (χ1n) is 7.15. The van der Waals surface area contributed by atoms with Gasteiger partial charge in [-0.2, -0.15) is 0 Å². The zero-order valence-corrected chi connectivity index (χ0v) is 11.8. The van der Waals surface area contributed by atoms with Gasteiger partial charge in [0.1, 0.15) is 5.75 Å². The molecule has 104 valence electrons. The molecule has 0 radical (unpaired) electrons. The second kappa shape index (κ2) is 5.29. The number of benzene rings is 2. The largest absolute Gasteiger partial charge is 0.497 e. The number of aryl methyl sites for hydroxylation is 1. The van der Waals surface area contributed by atoms with Gasteiger partial charge in [0.05, 0.1) is 12.7 Å². The van der Waals surface area contributed by atoms with E-state index in [0.717, 1.165) is 36.1 Å². The number of methoxy groups -OCH3 is 1. The average molecular weight is 268 g/mol. The van der Waals surface area contributed by atoms with Crippen LogP contribution in [0.2, 0.25) is 0 Å². The molecule has 3 rings (SSSR count). The van der Waals surface area contributed by atoms with Crippen molar-refractivity contribution in [1.29, 1.82) is 0 Å². The lowest BCUT2D eigenvalue weighted by Crippen LogP contribution is -2.32. The van der Waals surface area contributed by atoms with Crippen LogP contribution in [0.1, 0.15) is 29.5 Å². The van der Waals surface area contributed by atoms with E-state index in [1.54, 1.807) is 7.11 Å². The van der Waals surface area contributed by atoms with Crippen molar-refractivity contribution in [2.24, 2.45) is 0 Å². The van der Waals surface area contributed by atoms with Crippen molar-refractivity contribution in [3.05, 3.63) is 65.2 Å². The molecule has 1 aliphatic rings. The lowest BCUT2D eigenvalue weighted by Gasteiger charge is -2.34. The molecular formula is C18H20O2. The van der Waals surface area contributed by atoms with Crippen LogP contribution in [-0.4, -0.2) is 12.2 Å². The summed E-state index contributed by atoms with van der Waals surface area (Å²) in [6, 6.07) is 16.2. The van der Waals surface area contributed by atoms with Crippen molar-refractivity contribution in [3.63, 3.8) is 0 Å². The maximum absolute atomic E-state index is 11.1. The zero-order valence-electron chi connectivity index (χ0n) is 11.8. The maximum Gasteiger partial charge on any atom is 0.119 e. The van der Waals surface area contributed by atoms with Gasteiger partial charge in [-0.1, -0.05) is 36.4 Å². The van der Waals surface area contributed by atoms with E-state index in [0.29, 0.717) is 6.42 Å². The SMILES string of the molecule is COc1cccc(CC2(O)CCCc3ccccc32)c1. The third-order valence-corrected chi connectivity index (χ3v) is 4.19. The Balaban J connectivity index is 1.93. The number of hydrogen-bond acceptors (Lipinski definition) is 2. The van der Waals surface area contributed by atoms with Crippen LogP contribution in [0, 0.1) is 0 Å². The van der Waals surface area contributed by atoms with Gasteiger partial charge in [-0.25, -0.2) is 0 Å². The Kier molecular flexibility index (Phi) is 3.49. The van der Waals surface area contributed by atoms with Crippen molar-refractivity contribution >= 4 is 0 Å². The Morgan fingerprint density at radius 1 is 1.15 bits per heavy atom. The third-order valence-electron chi connectivity index (χ3n) is 4.19. The molecule has 2 aromatic carbocycles. The Morgan fingerprint density at radius 2 is 2.00 bits per heavy atom. The van der Waals surface area contributed by atoms with Crippen LogP contribution in [0.3, 0.4) is 0 Å². The quantitative estimate of drug-likeness (QED) is 0.923. The molecule has 1 aliphatic carbocycles. The van der Waals surface area contributed by atoms with Crippen molar-refractivity contribution < 1.29 is 9.84 Å². The summed E-state index contributed by atoms with van der Waals surface area (Å²) in [5.74, 6) is 0.843. The minimum atomic E-state index is -0.749. The van der Waals surface area contributed by atoms with E-state index >= 15 is 0 Å². The summed E-state index contributed by atoms with van der Waals surface area (Å²) in [6.07, 6.45) is 3.57. The molecule has 1 N–H and O–H groups in total. The van der Waals surface area contributed by atoms with Crippen LogP contribution in [0.4, 0.5) is 0 Å². The second-order valence-corrected chi connectivity index (χ2v) is 5.57. The fourth-order valence-electron chi connectivity index (χ4n) is 3.20. The van der Waals surface area contributed by atoms with Crippen molar-refractivity contribution in [1.82, 2.24) is 0 Å². The van der Waals surface area contributed by atoms with E-state index in [1.807, 2.05) is 24.3 Å². The molecule has 0 saturated heterocycles. The molecule has 0 aromatic heterocycles. The molecule has 0 spiro atoms. The Hall–Kier alpha value is -1.80. The normalized spacial score (nSPS) is 21.3. The zero-order chi connectivity index (χ0) is 14.0. The van der Waals surface area contributed by atoms with Gasteiger partial charge in [0, 0.05) is 6.42 Å².